The van der Waals surface area contributed by atoms with Gasteiger partial charge in [-0.15, -0.1) is 13.2 Å². The molecule has 0 aromatic carbocycles. The minimum absolute atomic E-state index is 0.268. The van der Waals surface area contributed by atoms with Crippen molar-refractivity contribution < 1.29 is 4.74 Å². The van der Waals surface area contributed by atoms with Crippen molar-refractivity contribution >= 4 is 0 Å². The first-order valence-corrected chi connectivity index (χ1v) is 5.59. The normalized spacial score (nSPS) is 25.7. The third kappa shape index (κ3) is 4.16. The van der Waals surface area contributed by atoms with Crippen LogP contribution in [0.1, 0.15) is 12.8 Å². The van der Waals surface area contributed by atoms with Crippen LogP contribution in [0.5, 0.6) is 0 Å². The van der Waals surface area contributed by atoms with E-state index in [1.807, 2.05) is 12.2 Å². The molecule has 0 bridgehead atoms. The molecule has 1 fully saturated rings. The van der Waals surface area contributed by atoms with Gasteiger partial charge in [0.15, 0.2) is 0 Å². The number of hydrogen-bond acceptors (Lipinski definition) is 3. The van der Waals surface area contributed by atoms with Crippen molar-refractivity contribution in [2.24, 2.45) is 5.73 Å². The van der Waals surface area contributed by atoms with Crippen molar-refractivity contribution in [3.8, 4) is 0 Å². The first-order chi connectivity index (χ1) is 7.30. The summed E-state index contributed by atoms with van der Waals surface area (Å²) in [5, 5.41) is 0. The Morgan fingerprint density at radius 1 is 1.20 bits per heavy atom. The highest BCUT2D eigenvalue weighted by atomic mass is 16.5. The molecule has 0 amide bonds. The van der Waals surface area contributed by atoms with Crippen molar-refractivity contribution in [1.82, 2.24) is 4.90 Å². The van der Waals surface area contributed by atoms with Crippen LogP contribution < -0.4 is 5.73 Å². The van der Waals surface area contributed by atoms with Gasteiger partial charge in [-0.3, -0.25) is 4.90 Å². The predicted octanol–water partition coefficient (Wildman–Crippen LogP) is 1.17. The largest absolute Gasteiger partial charge is 0.372 e. The Balaban J connectivity index is 2.31. The molecular formula is C12H22N2O. The fraction of sp³-hybridized carbons (Fsp3) is 0.667. The number of nitrogens with zero attached hydrogens (tertiary/aromatic N) is 1. The summed E-state index contributed by atoms with van der Waals surface area (Å²) >= 11 is 0. The molecule has 0 aromatic rings. The summed E-state index contributed by atoms with van der Waals surface area (Å²) in [6.45, 7) is 10.9. The van der Waals surface area contributed by atoms with E-state index in [1.54, 1.807) is 0 Å². The Labute approximate surface area is 92.6 Å². The Bertz CT molecular complexity index is 196. The molecule has 0 radical (unpaired) electrons. The van der Waals surface area contributed by atoms with E-state index in [0.717, 1.165) is 32.5 Å². The summed E-state index contributed by atoms with van der Waals surface area (Å²) in [5.41, 5.74) is 5.57. The van der Waals surface area contributed by atoms with E-state index in [2.05, 4.69) is 18.1 Å². The zero-order chi connectivity index (χ0) is 11.1. The molecule has 1 aliphatic rings. The van der Waals surface area contributed by atoms with Gasteiger partial charge in [0.25, 0.3) is 0 Å². The Morgan fingerprint density at radius 3 is 2.27 bits per heavy atom. The van der Waals surface area contributed by atoms with Gasteiger partial charge in [0, 0.05) is 26.2 Å². The van der Waals surface area contributed by atoms with E-state index in [9.17, 15) is 0 Å². The van der Waals surface area contributed by atoms with Crippen LogP contribution in [0.25, 0.3) is 0 Å². The van der Waals surface area contributed by atoms with Gasteiger partial charge in [-0.25, -0.2) is 0 Å². The second-order valence-corrected chi connectivity index (χ2v) is 3.99. The fourth-order valence-corrected chi connectivity index (χ4v) is 1.96. The summed E-state index contributed by atoms with van der Waals surface area (Å²) in [4.78, 5) is 2.28. The van der Waals surface area contributed by atoms with Gasteiger partial charge in [-0.1, -0.05) is 12.2 Å². The lowest BCUT2D eigenvalue weighted by Gasteiger charge is -2.22. The quantitative estimate of drug-likeness (QED) is 0.641. The van der Waals surface area contributed by atoms with Crippen LogP contribution in [0.2, 0.25) is 0 Å². The van der Waals surface area contributed by atoms with Crippen molar-refractivity contribution in [3.05, 3.63) is 25.3 Å². The first-order valence-electron chi connectivity index (χ1n) is 5.59. The molecule has 2 N–H and O–H groups in total. The van der Waals surface area contributed by atoms with E-state index in [1.165, 1.54) is 0 Å². The Hall–Kier alpha value is -0.640. The van der Waals surface area contributed by atoms with Gasteiger partial charge in [-0.05, 0) is 12.8 Å². The number of rotatable bonds is 7. The van der Waals surface area contributed by atoms with Crippen LogP contribution in [-0.2, 0) is 4.74 Å². The Kier molecular flexibility index (Phi) is 5.61. The molecule has 0 saturated carbocycles. The molecule has 1 rings (SSSR count). The molecule has 2 unspecified atom stereocenters. The van der Waals surface area contributed by atoms with E-state index in [4.69, 9.17) is 10.5 Å². The molecule has 0 aliphatic carbocycles. The zero-order valence-electron chi connectivity index (χ0n) is 9.40. The maximum Gasteiger partial charge on any atom is 0.0707 e. The molecule has 3 heteroatoms. The smallest absolute Gasteiger partial charge is 0.0707 e. The lowest BCUT2D eigenvalue weighted by molar-refractivity contribution is 0.0312. The van der Waals surface area contributed by atoms with Crippen LogP contribution in [-0.4, -0.2) is 43.3 Å². The summed E-state index contributed by atoms with van der Waals surface area (Å²) in [6.07, 6.45) is 6.64. The van der Waals surface area contributed by atoms with Gasteiger partial charge in [-0.2, -0.15) is 0 Å². The molecule has 2 atom stereocenters. The summed E-state index contributed by atoms with van der Waals surface area (Å²) in [6, 6.07) is 0. The second-order valence-electron chi connectivity index (χ2n) is 3.99. The maximum atomic E-state index is 5.80. The van der Waals surface area contributed by atoms with Gasteiger partial charge >= 0.3 is 0 Å². The third-order valence-corrected chi connectivity index (χ3v) is 2.69. The van der Waals surface area contributed by atoms with E-state index < -0.39 is 0 Å². The summed E-state index contributed by atoms with van der Waals surface area (Å²) in [7, 11) is 0. The molecule has 0 aromatic heterocycles. The molecule has 0 spiro atoms. The van der Waals surface area contributed by atoms with Gasteiger partial charge in [0.2, 0.25) is 0 Å². The first kappa shape index (κ1) is 12.4. The molecule has 1 aliphatic heterocycles. The minimum atomic E-state index is 0.268. The molecular weight excluding hydrogens is 188 g/mol. The monoisotopic (exact) mass is 210 g/mol. The SMILES string of the molecule is C=CCN(CC=C)CC1CCC(CN)O1. The van der Waals surface area contributed by atoms with Crippen molar-refractivity contribution in [1.29, 1.82) is 0 Å². The lowest BCUT2D eigenvalue weighted by Crippen LogP contribution is -2.33. The van der Waals surface area contributed by atoms with Crippen LogP contribution >= 0.6 is 0 Å². The standard InChI is InChI=1S/C12H22N2O/c1-3-7-14(8-4-2)10-12-6-5-11(9-13)15-12/h3-4,11-12H,1-2,5-10,13H2. The maximum absolute atomic E-state index is 5.80. The topological polar surface area (TPSA) is 38.5 Å². The van der Waals surface area contributed by atoms with Crippen LogP contribution in [0.4, 0.5) is 0 Å². The molecule has 3 nitrogen and oxygen atoms in total. The highest BCUT2D eigenvalue weighted by Crippen LogP contribution is 2.19. The van der Waals surface area contributed by atoms with E-state index >= 15 is 0 Å². The van der Waals surface area contributed by atoms with Crippen molar-refractivity contribution in [2.45, 2.75) is 25.0 Å². The third-order valence-electron chi connectivity index (χ3n) is 2.69. The average molecular weight is 210 g/mol. The fourth-order valence-electron chi connectivity index (χ4n) is 1.96. The molecule has 86 valence electrons. The number of hydrogen-bond donors (Lipinski definition) is 1. The minimum Gasteiger partial charge on any atom is -0.372 e. The van der Waals surface area contributed by atoms with Crippen molar-refractivity contribution in [3.63, 3.8) is 0 Å². The van der Waals surface area contributed by atoms with Crippen LogP contribution in [0, 0.1) is 0 Å². The van der Waals surface area contributed by atoms with Gasteiger partial charge in [0.1, 0.15) is 0 Å². The summed E-state index contributed by atoms with van der Waals surface area (Å²) in [5.74, 6) is 0. The van der Waals surface area contributed by atoms with E-state index in [0.29, 0.717) is 12.6 Å². The van der Waals surface area contributed by atoms with Gasteiger partial charge in [0.05, 0.1) is 12.2 Å². The predicted molar refractivity (Wildman–Crippen MR) is 63.8 cm³/mol. The highest BCUT2D eigenvalue weighted by Gasteiger charge is 2.25. The molecule has 15 heavy (non-hydrogen) atoms. The lowest BCUT2D eigenvalue weighted by atomic mass is 10.2. The summed E-state index contributed by atoms with van der Waals surface area (Å²) < 4.78 is 5.80. The van der Waals surface area contributed by atoms with Crippen molar-refractivity contribution in [2.75, 3.05) is 26.2 Å². The van der Waals surface area contributed by atoms with Gasteiger partial charge < -0.3 is 10.5 Å². The number of ether oxygens (including phenoxy) is 1. The van der Waals surface area contributed by atoms with E-state index in [-0.39, 0.29) is 6.10 Å². The van der Waals surface area contributed by atoms with Crippen LogP contribution in [0.15, 0.2) is 25.3 Å². The molecule has 1 saturated heterocycles. The second kappa shape index (κ2) is 6.77. The highest BCUT2D eigenvalue weighted by molar-refractivity contribution is 4.84. The molecule has 1 heterocycles. The number of nitrogens with two attached hydrogens (primary N) is 1. The average Bonchev–Trinajstić information content (AvgIpc) is 2.66. The zero-order valence-corrected chi connectivity index (χ0v) is 9.40. The van der Waals surface area contributed by atoms with Crippen LogP contribution in [0.3, 0.4) is 0 Å². The Morgan fingerprint density at radius 2 is 1.80 bits per heavy atom.